The second-order valence-electron chi connectivity index (χ2n) is 8.99. The zero-order valence-electron chi connectivity index (χ0n) is 19.0. The lowest BCUT2D eigenvalue weighted by Gasteiger charge is -2.34. The quantitative estimate of drug-likeness (QED) is 0.608. The fraction of sp³-hybridized carbons (Fsp3) is 0.400. The molecule has 0 radical (unpaired) electrons. The maximum absolute atomic E-state index is 12.9. The van der Waals surface area contributed by atoms with Crippen LogP contribution in [0.15, 0.2) is 42.6 Å². The Labute approximate surface area is 192 Å². The number of nitrogens with one attached hydrogen (secondary N) is 2. The highest BCUT2D eigenvalue weighted by Crippen LogP contribution is 2.38. The van der Waals surface area contributed by atoms with E-state index in [1.165, 1.54) is 41.4 Å². The number of amides is 2. The van der Waals surface area contributed by atoms with Gasteiger partial charge in [0.15, 0.2) is 0 Å². The molecule has 2 aliphatic rings. The molecule has 2 unspecified atom stereocenters. The second-order valence-corrected chi connectivity index (χ2v) is 8.99. The van der Waals surface area contributed by atoms with E-state index in [1.54, 1.807) is 24.4 Å². The Morgan fingerprint density at radius 3 is 2.82 bits per heavy atom. The van der Waals surface area contributed by atoms with Gasteiger partial charge in [-0.2, -0.15) is 9.78 Å². The normalized spacial score (nSPS) is 19.9. The maximum Gasteiger partial charge on any atom is 0.434 e. The fourth-order valence-electron chi connectivity index (χ4n) is 5.20. The summed E-state index contributed by atoms with van der Waals surface area (Å²) in [6.45, 7) is 4.51. The van der Waals surface area contributed by atoms with Gasteiger partial charge in [0.05, 0.1) is 30.6 Å². The van der Waals surface area contributed by atoms with E-state index < -0.39 is 6.09 Å². The van der Waals surface area contributed by atoms with Gasteiger partial charge < -0.3 is 20.3 Å². The van der Waals surface area contributed by atoms with E-state index in [0.717, 1.165) is 25.9 Å². The highest BCUT2D eigenvalue weighted by Gasteiger charge is 2.29. The maximum atomic E-state index is 12.9. The first-order chi connectivity index (χ1) is 16.0. The van der Waals surface area contributed by atoms with Crippen LogP contribution >= 0.6 is 0 Å². The van der Waals surface area contributed by atoms with Gasteiger partial charge in [0, 0.05) is 24.2 Å². The zero-order valence-corrected chi connectivity index (χ0v) is 19.0. The number of piperidine rings is 1. The van der Waals surface area contributed by atoms with E-state index in [-0.39, 0.29) is 12.1 Å². The van der Waals surface area contributed by atoms with Crippen LogP contribution in [0.2, 0.25) is 0 Å². The monoisotopic (exact) mass is 447 g/mol. The minimum absolute atomic E-state index is 0.0286. The summed E-state index contributed by atoms with van der Waals surface area (Å²) in [6.07, 6.45) is 5.34. The van der Waals surface area contributed by atoms with Gasteiger partial charge in [-0.15, -0.1) is 0 Å². The van der Waals surface area contributed by atoms with Crippen LogP contribution in [0.5, 0.6) is 0 Å². The molecule has 5 rings (SSSR count). The molecule has 1 aliphatic carbocycles. The van der Waals surface area contributed by atoms with E-state index in [9.17, 15) is 9.59 Å². The van der Waals surface area contributed by atoms with Crippen LogP contribution < -0.4 is 15.5 Å². The topological polar surface area (TPSA) is 88.5 Å². The first-order valence-electron chi connectivity index (χ1n) is 11.5. The predicted octanol–water partition coefficient (Wildman–Crippen LogP) is 4.70. The SMILES string of the molecule is COC(=O)n1ncc2c(NC(=O)NC3CCc4c3cccc4N3CCCC(C)C3)cccc21. The number of benzene rings is 2. The molecule has 8 nitrogen and oxygen atoms in total. The molecular formula is C25H29N5O3. The van der Waals surface area contributed by atoms with Crippen LogP contribution in [0.4, 0.5) is 21.0 Å². The first-order valence-corrected chi connectivity index (χ1v) is 11.5. The minimum atomic E-state index is -0.576. The number of aromatic nitrogens is 2. The highest BCUT2D eigenvalue weighted by molar-refractivity contribution is 6.02. The van der Waals surface area contributed by atoms with E-state index in [2.05, 4.69) is 45.8 Å². The summed E-state index contributed by atoms with van der Waals surface area (Å²) in [6, 6.07) is 11.5. The van der Waals surface area contributed by atoms with Gasteiger partial charge in [-0.3, -0.25) is 0 Å². The van der Waals surface area contributed by atoms with E-state index in [4.69, 9.17) is 4.74 Å². The lowest BCUT2D eigenvalue weighted by molar-refractivity contribution is 0.170. The van der Waals surface area contributed by atoms with Crippen LogP contribution in [0, 0.1) is 5.92 Å². The smallest absolute Gasteiger partial charge is 0.434 e. The number of hydrogen-bond donors (Lipinski definition) is 2. The second kappa shape index (κ2) is 8.77. The number of carbonyl (C=O) groups is 2. The van der Waals surface area contributed by atoms with Crippen molar-refractivity contribution in [3.05, 3.63) is 53.7 Å². The molecule has 3 aromatic rings. The van der Waals surface area contributed by atoms with Gasteiger partial charge in [-0.1, -0.05) is 25.1 Å². The third-order valence-electron chi connectivity index (χ3n) is 6.76. The average molecular weight is 448 g/mol. The van der Waals surface area contributed by atoms with E-state index in [0.29, 0.717) is 22.5 Å². The number of carbonyl (C=O) groups excluding carboxylic acids is 2. The van der Waals surface area contributed by atoms with E-state index >= 15 is 0 Å². The molecule has 1 aliphatic heterocycles. The Bertz CT molecular complexity index is 1200. The number of ether oxygens (including phenoxy) is 1. The summed E-state index contributed by atoms with van der Waals surface area (Å²) >= 11 is 0. The first kappa shape index (κ1) is 21.3. The Morgan fingerprint density at radius 2 is 2.00 bits per heavy atom. The molecule has 2 amide bonds. The molecule has 0 spiro atoms. The average Bonchev–Trinajstić information content (AvgIpc) is 3.43. The van der Waals surface area contributed by atoms with Crippen LogP contribution in [0.25, 0.3) is 10.9 Å². The number of anilines is 2. The summed E-state index contributed by atoms with van der Waals surface area (Å²) in [5.74, 6) is 0.710. The Balaban J connectivity index is 1.32. The molecule has 1 fully saturated rings. The summed E-state index contributed by atoms with van der Waals surface area (Å²) < 4.78 is 5.94. The van der Waals surface area contributed by atoms with Crippen LogP contribution in [-0.2, 0) is 11.2 Å². The number of nitrogens with zero attached hydrogens (tertiary/aromatic N) is 3. The molecule has 1 aromatic heterocycles. The van der Waals surface area contributed by atoms with Crippen molar-refractivity contribution >= 4 is 34.4 Å². The fourth-order valence-corrected chi connectivity index (χ4v) is 5.20. The Hall–Kier alpha value is -3.55. The molecule has 1 saturated heterocycles. The Morgan fingerprint density at radius 1 is 1.15 bits per heavy atom. The summed E-state index contributed by atoms with van der Waals surface area (Å²) in [4.78, 5) is 27.3. The largest absolute Gasteiger partial charge is 0.451 e. The molecule has 172 valence electrons. The third-order valence-corrected chi connectivity index (χ3v) is 6.76. The standard InChI is InChI=1S/C25H29N5O3/c1-16-6-5-13-29(15-16)22-9-3-7-17-18(22)11-12-21(17)28-24(31)27-20-8-4-10-23-19(20)14-26-30(23)25(32)33-2/h3-4,7-10,14,16,21H,5-6,11-13,15H2,1-2H3,(H2,27,28,31). The summed E-state index contributed by atoms with van der Waals surface area (Å²) in [5.41, 5.74) is 5.06. The van der Waals surface area contributed by atoms with E-state index in [1.807, 2.05) is 0 Å². The van der Waals surface area contributed by atoms with Crippen molar-refractivity contribution in [1.82, 2.24) is 15.1 Å². The molecule has 8 heteroatoms. The summed E-state index contributed by atoms with van der Waals surface area (Å²) in [7, 11) is 1.31. The molecule has 2 N–H and O–H groups in total. The van der Waals surface area contributed by atoms with Crippen molar-refractivity contribution in [3.8, 4) is 0 Å². The van der Waals surface area contributed by atoms with Crippen LogP contribution in [0.1, 0.15) is 43.4 Å². The number of hydrogen-bond acceptors (Lipinski definition) is 5. The molecule has 0 saturated carbocycles. The number of urea groups is 1. The van der Waals surface area contributed by atoms with Crippen LogP contribution in [0.3, 0.4) is 0 Å². The number of fused-ring (bicyclic) bond motifs is 2. The lowest BCUT2D eigenvalue weighted by atomic mass is 9.98. The molecule has 2 heterocycles. The molecule has 2 aromatic carbocycles. The highest BCUT2D eigenvalue weighted by atomic mass is 16.5. The molecule has 0 bridgehead atoms. The minimum Gasteiger partial charge on any atom is -0.451 e. The number of methoxy groups -OCH3 is 1. The predicted molar refractivity (Wildman–Crippen MR) is 128 cm³/mol. The van der Waals surface area contributed by atoms with Crippen molar-refractivity contribution in [2.24, 2.45) is 5.92 Å². The van der Waals surface area contributed by atoms with Gasteiger partial charge >= 0.3 is 12.1 Å². The molecule has 2 atom stereocenters. The van der Waals surface area contributed by atoms with Crippen LogP contribution in [-0.4, -0.2) is 42.1 Å². The Kier molecular flexibility index (Phi) is 5.66. The zero-order chi connectivity index (χ0) is 22.9. The molecule has 33 heavy (non-hydrogen) atoms. The van der Waals surface area contributed by atoms with Gasteiger partial charge in [0.25, 0.3) is 0 Å². The number of rotatable bonds is 3. The van der Waals surface area contributed by atoms with Crippen molar-refractivity contribution in [1.29, 1.82) is 0 Å². The summed E-state index contributed by atoms with van der Waals surface area (Å²) in [5, 5.41) is 10.8. The van der Waals surface area contributed by atoms with Gasteiger partial charge in [0.2, 0.25) is 0 Å². The van der Waals surface area contributed by atoms with Gasteiger partial charge in [0.1, 0.15) is 0 Å². The van der Waals surface area contributed by atoms with Crippen molar-refractivity contribution in [3.63, 3.8) is 0 Å². The van der Waals surface area contributed by atoms with Gasteiger partial charge in [-0.25, -0.2) is 9.59 Å². The molecular weight excluding hydrogens is 418 g/mol. The lowest BCUT2D eigenvalue weighted by Crippen LogP contribution is -2.35. The van der Waals surface area contributed by atoms with Crippen molar-refractivity contribution in [2.45, 2.75) is 38.6 Å². The van der Waals surface area contributed by atoms with Crippen molar-refractivity contribution < 1.29 is 14.3 Å². The van der Waals surface area contributed by atoms with Crippen molar-refractivity contribution in [2.75, 3.05) is 30.4 Å². The van der Waals surface area contributed by atoms with Gasteiger partial charge in [-0.05, 0) is 60.9 Å². The third kappa shape index (κ3) is 4.01.